The molecule has 0 aromatic heterocycles. The number of nitrogens with zero attached hydrogens (tertiary/aromatic N) is 1. The van der Waals surface area contributed by atoms with Crippen LogP contribution in [0.3, 0.4) is 0 Å². The van der Waals surface area contributed by atoms with Gasteiger partial charge in [-0.1, -0.05) is 28.1 Å². The van der Waals surface area contributed by atoms with Gasteiger partial charge in [-0.2, -0.15) is 0 Å². The summed E-state index contributed by atoms with van der Waals surface area (Å²) < 4.78 is 6.34. The Morgan fingerprint density at radius 3 is 2.79 bits per heavy atom. The van der Waals surface area contributed by atoms with Crippen LogP contribution in [0.15, 0.2) is 22.7 Å². The normalized spacial score (nSPS) is 18.4. The molecule has 0 bridgehead atoms. The van der Waals surface area contributed by atoms with Crippen molar-refractivity contribution in [3.63, 3.8) is 0 Å². The Bertz CT molecular complexity index is 496. The molecule has 0 aliphatic carbocycles. The van der Waals surface area contributed by atoms with Crippen LogP contribution in [-0.2, 0) is 11.3 Å². The molecular weight excluding hydrogens is 310 g/mol. The smallest absolute Gasteiger partial charge is 0.411 e. The number of carbonyl (C=O) groups excluding carboxylic acids is 1. The van der Waals surface area contributed by atoms with Gasteiger partial charge in [0.15, 0.2) is 0 Å². The molecule has 5 heteroatoms. The molecule has 1 amide bonds. The molecular formula is C14H18BrNO3. The van der Waals surface area contributed by atoms with Gasteiger partial charge in [-0.15, -0.1) is 0 Å². The van der Waals surface area contributed by atoms with E-state index in [1.807, 2.05) is 39.0 Å². The maximum Gasteiger partial charge on any atom is 0.411 e. The number of carbonyl (C=O) groups is 1. The number of hydrogen-bond donors (Lipinski definition) is 1. The highest BCUT2D eigenvalue weighted by Gasteiger charge is 2.36. The van der Waals surface area contributed by atoms with Crippen molar-refractivity contribution in [3.8, 4) is 0 Å². The summed E-state index contributed by atoms with van der Waals surface area (Å²) in [6.45, 7) is 5.84. The molecule has 1 heterocycles. The first kappa shape index (κ1) is 14.3. The van der Waals surface area contributed by atoms with Crippen LogP contribution >= 0.6 is 15.9 Å². The highest BCUT2D eigenvalue weighted by molar-refractivity contribution is 9.10. The molecule has 19 heavy (non-hydrogen) atoms. The van der Waals surface area contributed by atoms with Gasteiger partial charge in [0.1, 0.15) is 5.60 Å². The van der Waals surface area contributed by atoms with E-state index in [0.717, 1.165) is 15.6 Å². The van der Waals surface area contributed by atoms with Crippen LogP contribution in [0, 0.1) is 0 Å². The second kappa shape index (κ2) is 5.13. The van der Waals surface area contributed by atoms with E-state index in [4.69, 9.17) is 4.74 Å². The van der Waals surface area contributed by atoms with Gasteiger partial charge in [-0.3, -0.25) is 4.90 Å². The number of aliphatic hydroxyl groups excluding tert-OH is 1. The summed E-state index contributed by atoms with van der Waals surface area (Å²) >= 11 is 3.48. The first-order chi connectivity index (χ1) is 8.83. The molecule has 4 nitrogen and oxygen atoms in total. The molecule has 104 valence electrons. The minimum atomic E-state index is -0.539. The average molecular weight is 328 g/mol. The average Bonchev–Trinajstić information content (AvgIpc) is 2.66. The van der Waals surface area contributed by atoms with Crippen molar-refractivity contribution < 1.29 is 14.6 Å². The molecule has 0 spiro atoms. The lowest BCUT2D eigenvalue weighted by Crippen LogP contribution is -2.36. The Kier molecular flexibility index (Phi) is 3.87. The summed E-state index contributed by atoms with van der Waals surface area (Å²) in [7, 11) is 0. The van der Waals surface area contributed by atoms with E-state index in [2.05, 4.69) is 15.9 Å². The van der Waals surface area contributed by atoms with Crippen LogP contribution in [0.1, 0.15) is 37.9 Å². The summed E-state index contributed by atoms with van der Waals surface area (Å²) in [6.07, 6.45) is -0.394. The number of hydrogen-bond acceptors (Lipinski definition) is 3. The van der Waals surface area contributed by atoms with Crippen molar-refractivity contribution in [1.29, 1.82) is 0 Å². The lowest BCUT2D eigenvalue weighted by atomic mass is 10.1. The molecule has 0 saturated carbocycles. The summed E-state index contributed by atoms with van der Waals surface area (Å²) in [4.78, 5) is 13.8. The van der Waals surface area contributed by atoms with Gasteiger partial charge < -0.3 is 9.84 Å². The molecule has 0 fully saturated rings. The van der Waals surface area contributed by atoms with Crippen LogP contribution in [0.25, 0.3) is 0 Å². The van der Waals surface area contributed by atoms with Gasteiger partial charge in [0.25, 0.3) is 0 Å². The van der Waals surface area contributed by atoms with Crippen molar-refractivity contribution in [3.05, 3.63) is 33.8 Å². The van der Waals surface area contributed by atoms with Crippen molar-refractivity contribution in [2.24, 2.45) is 0 Å². The third kappa shape index (κ3) is 2.92. The van der Waals surface area contributed by atoms with Crippen molar-refractivity contribution in [1.82, 2.24) is 4.90 Å². The van der Waals surface area contributed by atoms with E-state index in [0.29, 0.717) is 6.54 Å². The summed E-state index contributed by atoms with van der Waals surface area (Å²) in [5.41, 5.74) is 1.47. The van der Waals surface area contributed by atoms with Crippen molar-refractivity contribution in [2.45, 2.75) is 39.0 Å². The third-order valence-corrected chi connectivity index (χ3v) is 3.76. The summed E-state index contributed by atoms with van der Waals surface area (Å²) in [5.74, 6) is 0. The second-order valence-electron chi connectivity index (χ2n) is 5.61. The SMILES string of the molecule is CC(C)(C)OC(=O)N1Cc2c(Br)cccc2[C@@H]1CO. The highest BCUT2D eigenvalue weighted by Crippen LogP contribution is 2.38. The van der Waals surface area contributed by atoms with E-state index in [9.17, 15) is 9.90 Å². The zero-order valence-electron chi connectivity index (χ0n) is 11.3. The Labute approximate surface area is 121 Å². The van der Waals surface area contributed by atoms with Crippen molar-refractivity contribution >= 4 is 22.0 Å². The molecule has 1 aromatic carbocycles. The quantitative estimate of drug-likeness (QED) is 0.861. The Hall–Kier alpha value is -1.07. The van der Waals surface area contributed by atoms with Crippen LogP contribution in [0.4, 0.5) is 4.79 Å². The third-order valence-electron chi connectivity index (χ3n) is 3.02. The number of halogens is 1. The van der Waals surface area contributed by atoms with Crippen molar-refractivity contribution in [2.75, 3.05) is 6.61 Å². The maximum atomic E-state index is 12.2. The minimum absolute atomic E-state index is 0.108. The van der Waals surface area contributed by atoms with Gasteiger partial charge in [0.2, 0.25) is 0 Å². The molecule has 0 unspecified atom stereocenters. The largest absolute Gasteiger partial charge is 0.444 e. The summed E-state index contributed by atoms with van der Waals surface area (Å²) in [6, 6.07) is 5.45. The monoisotopic (exact) mass is 327 g/mol. The zero-order valence-corrected chi connectivity index (χ0v) is 12.9. The Morgan fingerprint density at radius 1 is 1.53 bits per heavy atom. The molecule has 2 rings (SSSR count). The predicted octanol–water partition coefficient (Wildman–Crippen LogP) is 3.23. The first-order valence-electron chi connectivity index (χ1n) is 6.21. The fourth-order valence-electron chi connectivity index (χ4n) is 2.21. The minimum Gasteiger partial charge on any atom is -0.444 e. The molecule has 1 N–H and O–H groups in total. The van der Waals surface area contributed by atoms with E-state index in [1.165, 1.54) is 0 Å². The highest BCUT2D eigenvalue weighted by atomic mass is 79.9. The van der Waals surface area contributed by atoms with Gasteiger partial charge in [-0.05, 0) is 38.0 Å². The number of rotatable bonds is 1. The fraction of sp³-hybridized carbons (Fsp3) is 0.500. The predicted molar refractivity (Wildman–Crippen MR) is 75.7 cm³/mol. The number of fused-ring (bicyclic) bond motifs is 1. The standard InChI is InChI=1S/C14H18BrNO3/c1-14(2,3)19-13(18)16-7-10-9(12(16)8-17)5-4-6-11(10)15/h4-6,12,17H,7-8H2,1-3H3/t12-/m0/s1. The molecule has 1 aromatic rings. The lowest BCUT2D eigenvalue weighted by molar-refractivity contribution is 0.0110. The Morgan fingerprint density at radius 2 is 2.21 bits per heavy atom. The van der Waals surface area contributed by atoms with Crippen LogP contribution in [0.2, 0.25) is 0 Å². The lowest BCUT2D eigenvalue weighted by Gasteiger charge is -2.28. The number of aliphatic hydroxyl groups is 1. The number of amides is 1. The number of benzene rings is 1. The second-order valence-corrected chi connectivity index (χ2v) is 6.47. The molecule has 0 saturated heterocycles. The maximum absolute atomic E-state index is 12.2. The van der Waals surface area contributed by atoms with Gasteiger partial charge in [0, 0.05) is 4.47 Å². The van der Waals surface area contributed by atoms with E-state index < -0.39 is 11.7 Å². The Balaban J connectivity index is 2.26. The molecule has 1 aliphatic rings. The zero-order chi connectivity index (χ0) is 14.2. The van der Waals surface area contributed by atoms with Crippen LogP contribution in [-0.4, -0.2) is 28.3 Å². The van der Waals surface area contributed by atoms with E-state index in [1.54, 1.807) is 4.90 Å². The van der Waals surface area contributed by atoms with Gasteiger partial charge in [-0.25, -0.2) is 4.79 Å². The molecule has 0 radical (unpaired) electrons. The number of ether oxygens (including phenoxy) is 1. The van der Waals surface area contributed by atoms with Crippen LogP contribution in [0.5, 0.6) is 0 Å². The van der Waals surface area contributed by atoms with Gasteiger partial charge in [0.05, 0.1) is 19.2 Å². The summed E-state index contributed by atoms with van der Waals surface area (Å²) in [5, 5.41) is 9.56. The molecule has 1 atom stereocenters. The van der Waals surface area contributed by atoms with Gasteiger partial charge >= 0.3 is 6.09 Å². The van der Waals surface area contributed by atoms with E-state index in [-0.39, 0.29) is 12.6 Å². The topological polar surface area (TPSA) is 49.8 Å². The van der Waals surface area contributed by atoms with E-state index >= 15 is 0 Å². The van der Waals surface area contributed by atoms with Crippen LogP contribution < -0.4 is 0 Å². The fourth-order valence-corrected chi connectivity index (χ4v) is 2.72. The molecule has 1 aliphatic heterocycles. The first-order valence-corrected chi connectivity index (χ1v) is 7.00.